The van der Waals surface area contributed by atoms with Crippen LogP contribution in [0.4, 0.5) is 5.69 Å². The van der Waals surface area contributed by atoms with Crippen molar-refractivity contribution in [2.75, 3.05) is 11.9 Å². The van der Waals surface area contributed by atoms with E-state index in [4.69, 9.17) is 11.6 Å². The average Bonchev–Trinajstić information content (AvgIpc) is 3.52. The van der Waals surface area contributed by atoms with Crippen LogP contribution in [0.5, 0.6) is 0 Å². The number of thioether (sulfide) groups is 1. The molecule has 5 rings (SSSR count). The Balaban J connectivity index is 0.00000245. The molecule has 0 atom stereocenters. The molecule has 0 bridgehead atoms. The molecule has 0 N–H and O–H groups in total. The summed E-state index contributed by atoms with van der Waals surface area (Å²) in [6, 6.07) is 8.01. The van der Waals surface area contributed by atoms with E-state index in [0.29, 0.717) is 11.6 Å². The van der Waals surface area contributed by atoms with Crippen LogP contribution in [0.1, 0.15) is 17.5 Å². The molecule has 1 aliphatic heterocycles. The molecule has 0 spiro atoms. The molecule has 32 heavy (non-hydrogen) atoms. The summed E-state index contributed by atoms with van der Waals surface area (Å²) in [6.07, 6.45) is 4.24. The summed E-state index contributed by atoms with van der Waals surface area (Å²) in [6.45, 7) is 3.49. The van der Waals surface area contributed by atoms with Gasteiger partial charge in [-0.15, -0.1) is 11.3 Å². The minimum Gasteiger partial charge on any atom is -1.00 e. The number of halogens is 2. The number of fused-ring (bicyclic) bond motifs is 1. The number of hydrogen-bond acceptors (Lipinski definition) is 6. The number of anilines is 1. The van der Waals surface area contributed by atoms with Crippen LogP contribution in [0.25, 0.3) is 11.1 Å². The SMILES string of the molecule is CCn1c(=O)/c(=C2\Sc3cc(Cl)ccc3N2C)s/c1=C\c1scc[n+]1Cc1ccsc1.[Cl-]. The number of benzene rings is 1. The maximum atomic E-state index is 13.3. The third-order valence-electron chi connectivity index (χ3n) is 5.11. The Kier molecular flexibility index (Phi) is 7.19. The van der Waals surface area contributed by atoms with Gasteiger partial charge in [-0.2, -0.15) is 15.9 Å². The van der Waals surface area contributed by atoms with Crippen LogP contribution in [0, 0.1) is 0 Å². The van der Waals surface area contributed by atoms with Crippen molar-refractivity contribution < 1.29 is 17.0 Å². The molecular weight excluding hydrogens is 521 g/mol. The summed E-state index contributed by atoms with van der Waals surface area (Å²) in [7, 11) is 2.01. The molecular formula is C22H19Cl2N3OS4. The van der Waals surface area contributed by atoms with Crippen molar-refractivity contribution in [1.82, 2.24) is 4.57 Å². The summed E-state index contributed by atoms with van der Waals surface area (Å²) >= 11 is 12.8. The molecule has 4 nitrogen and oxygen atoms in total. The summed E-state index contributed by atoms with van der Waals surface area (Å²) in [5.41, 5.74) is 2.43. The van der Waals surface area contributed by atoms with E-state index in [1.54, 1.807) is 45.8 Å². The van der Waals surface area contributed by atoms with Crippen molar-refractivity contribution in [2.45, 2.75) is 24.9 Å². The first-order valence-electron chi connectivity index (χ1n) is 9.70. The summed E-state index contributed by atoms with van der Waals surface area (Å²) in [4.78, 5) is 16.5. The lowest BCUT2D eigenvalue weighted by Crippen LogP contribution is -3.00. The molecule has 0 aliphatic carbocycles. The van der Waals surface area contributed by atoms with Gasteiger partial charge in [0.15, 0.2) is 12.7 Å². The predicted octanol–water partition coefficient (Wildman–Crippen LogP) is 1.18. The van der Waals surface area contributed by atoms with Gasteiger partial charge in [-0.1, -0.05) is 34.7 Å². The number of thiophene rings is 1. The quantitative estimate of drug-likeness (QED) is 0.365. The fourth-order valence-corrected chi connectivity index (χ4v) is 7.79. The average molecular weight is 541 g/mol. The van der Waals surface area contributed by atoms with E-state index in [1.165, 1.54) is 5.56 Å². The Morgan fingerprint density at radius 1 is 1.22 bits per heavy atom. The third-order valence-corrected chi connectivity index (χ3v) is 9.40. The maximum Gasteiger partial charge on any atom is 0.271 e. The second kappa shape index (κ2) is 9.75. The zero-order valence-electron chi connectivity index (χ0n) is 17.2. The molecule has 0 amide bonds. The summed E-state index contributed by atoms with van der Waals surface area (Å²) < 4.78 is 5.85. The molecule has 0 unspecified atom stereocenters. The molecule has 3 aromatic heterocycles. The van der Waals surface area contributed by atoms with Gasteiger partial charge in [0.05, 0.1) is 17.1 Å². The topological polar surface area (TPSA) is 29.1 Å². The van der Waals surface area contributed by atoms with Gasteiger partial charge in [0, 0.05) is 34.5 Å². The Hall–Kier alpha value is -1.55. The minimum atomic E-state index is 0. The molecule has 0 fully saturated rings. The third kappa shape index (κ3) is 4.32. The Morgan fingerprint density at radius 2 is 2.06 bits per heavy atom. The van der Waals surface area contributed by atoms with Crippen LogP contribution in [0.2, 0.25) is 5.02 Å². The molecule has 0 saturated carbocycles. The van der Waals surface area contributed by atoms with Crippen molar-refractivity contribution in [1.29, 1.82) is 0 Å². The van der Waals surface area contributed by atoms with Crippen molar-refractivity contribution in [3.8, 4) is 0 Å². The largest absolute Gasteiger partial charge is 1.00 e. The van der Waals surface area contributed by atoms with Crippen LogP contribution < -0.4 is 36.6 Å². The van der Waals surface area contributed by atoms with Gasteiger partial charge in [-0.05, 0) is 36.6 Å². The highest BCUT2D eigenvalue weighted by Gasteiger charge is 2.25. The Bertz CT molecular complexity index is 1440. The number of aromatic nitrogens is 2. The van der Waals surface area contributed by atoms with E-state index in [-0.39, 0.29) is 18.0 Å². The molecule has 166 valence electrons. The second-order valence-electron chi connectivity index (χ2n) is 7.04. The maximum absolute atomic E-state index is 13.3. The van der Waals surface area contributed by atoms with Crippen molar-refractivity contribution in [3.63, 3.8) is 0 Å². The van der Waals surface area contributed by atoms with Gasteiger partial charge in [0.25, 0.3) is 10.6 Å². The smallest absolute Gasteiger partial charge is 0.271 e. The highest BCUT2D eigenvalue weighted by atomic mass is 35.5. The van der Waals surface area contributed by atoms with Crippen molar-refractivity contribution in [3.05, 3.63) is 81.7 Å². The lowest BCUT2D eigenvalue weighted by molar-refractivity contribution is -0.685. The van der Waals surface area contributed by atoms with E-state index < -0.39 is 0 Å². The highest BCUT2D eigenvalue weighted by Crippen LogP contribution is 2.46. The zero-order chi connectivity index (χ0) is 21.5. The predicted molar refractivity (Wildman–Crippen MR) is 134 cm³/mol. The minimum absolute atomic E-state index is 0. The monoisotopic (exact) mass is 539 g/mol. The number of nitrogens with zero attached hydrogens (tertiary/aromatic N) is 3. The molecule has 0 radical (unpaired) electrons. The summed E-state index contributed by atoms with van der Waals surface area (Å²) in [5, 5.41) is 9.18. The van der Waals surface area contributed by atoms with Crippen LogP contribution in [0.15, 0.2) is 56.3 Å². The fourth-order valence-electron chi connectivity index (χ4n) is 3.54. The molecule has 1 aliphatic rings. The van der Waals surface area contributed by atoms with Gasteiger partial charge >= 0.3 is 0 Å². The first-order valence-corrected chi connectivity index (χ1v) is 13.5. The normalized spacial score (nSPS) is 15.2. The van der Waals surface area contributed by atoms with E-state index >= 15 is 0 Å². The van der Waals surface area contributed by atoms with Gasteiger partial charge in [-0.3, -0.25) is 9.36 Å². The molecule has 10 heteroatoms. The van der Waals surface area contributed by atoms with Crippen LogP contribution in [-0.2, 0) is 13.1 Å². The Morgan fingerprint density at radius 3 is 2.81 bits per heavy atom. The first-order chi connectivity index (χ1) is 15.0. The molecule has 4 heterocycles. The fraction of sp³-hybridized carbons (Fsp3) is 0.182. The van der Waals surface area contributed by atoms with E-state index in [1.807, 2.05) is 36.7 Å². The number of thiazole rings is 2. The number of rotatable bonds is 4. The van der Waals surface area contributed by atoms with Crippen molar-refractivity contribution in [2.24, 2.45) is 0 Å². The number of hydrogen-bond donors (Lipinski definition) is 0. The molecule has 0 saturated heterocycles. The van der Waals surface area contributed by atoms with Crippen molar-refractivity contribution >= 4 is 74.2 Å². The van der Waals surface area contributed by atoms with Crippen LogP contribution in [0.3, 0.4) is 0 Å². The van der Waals surface area contributed by atoms with Crippen LogP contribution >= 0.6 is 57.4 Å². The lowest BCUT2D eigenvalue weighted by Gasteiger charge is -2.12. The van der Waals surface area contributed by atoms with E-state index in [2.05, 4.69) is 43.9 Å². The van der Waals surface area contributed by atoms with E-state index in [0.717, 1.165) is 36.4 Å². The highest BCUT2D eigenvalue weighted by molar-refractivity contribution is 8.08. The Labute approximate surface area is 213 Å². The first kappa shape index (κ1) is 23.6. The molecule has 4 aromatic rings. The van der Waals surface area contributed by atoms with Gasteiger partial charge in [0.2, 0.25) is 0 Å². The van der Waals surface area contributed by atoms with E-state index in [9.17, 15) is 4.79 Å². The van der Waals surface area contributed by atoms with Gasteiger partial charge in [0.1, 0.15) is 14.2 Å². The summed E-state index contributed by atoms with van der Waals surface area (Å²) in [5.74, 6) is 0. The second-order valence-corrected chi connectivity index (χ2v) is 11.2. The van der Waals surface area contributed by atoms with Crippen LogP contribution in [-0.4, -0.2) is 11.6 Å². The lowest BCUT2D eigenvalue weighted by atomic mass is 10.3. The molecule has 1 aromatic carbocycles. The van der Waals surface area contributed by atoms with Gasteiger partial charge < -0.3 is 17.3 Å². The van der Waals surface area contributed by atoms with Gasteiger partial charge in [-0.25, -0.2) is 0 Å². The zero-order valence-corrected chi connectivity index (χ0v) is 22.0. The standard InChI is InChI=1S/C22H19ClN3OS4.ClH/c1-3-26-19(11-18-25(7-9-29-18)12-14-6-8-28-13-14)31-20(21(26)27)22-24(2)16-5-4-15(23)10-17(16)30-22;/h4-11,13H,3,12H2,1-2H3;1H/q+1;/p-1/b22-20+;.